The molecule has 0 aromatic rings. The fraction of sp³-hybridized carbons (Fsp3) is 0.818. The number of nitriles is 1. The molecule has 0 radical (unpaired) electrons. The van der Waals surface area contributed by atoms with E-state index in [1.807, 2.05) is 20.8 Å². The maximum Gasteiger partial charge on any atom is 0.327 e. The minimum absolute atomic E-state index is 0.271. The third-order valence-corrected chi connectivity index (χ3v) is 2.85. The summed E-state index contributed by atoms with van der Waals surface area (Å²) in [5.74, 6) is -0.681. The number of nitrogens with one attached hydrogen (secondary N) is 1. The maximum atomic E-state index is 11.7. The first kappa shape index (κ1) is 12.0. The topological polar surface area (TPSA) is 62.1 Å². The van der Waals surface area contributed by atoms with Gasteiger partial charge in [-0.1, -0.05) is 6.92 Å². The van der Waals surface area contributed by atoms with E-state index in [-0.39, 0.29) is 17.4 Å². The lowest BCUT2D eigenvalue weighted by Crippen LogP contribution is -2.67. The molecule has 2 unspecified atom stereocenters. The number of hydrogen-bond acceptors (Lipinski definition) is 4. The number of cyclic esters (lactones) is 1. The van der Waals surface area contributed by atoms with Crippen molar-refractivity contribution in [2.75, 3.05) is 6.61 Å². The van der Waals surface area contributed by atoms with Crippen molar-refractivity contribution in [3.8, 4) is 6.07 Å². The predicted octanol–water partition coefficient (Wildman–Crippen LogP) is 1.22. The Balaban J connectivity index is 2.98. The number of esters is 1. The summed E-state index contributed by atoms with van der Waals surface area (Å²) in [4.78, 5) is 11.7. The zero-order valence-electron chi connectivity index (χ0n) is 9.76. The Morgan fingerprint density at radius 1 is 1.60 bits per heavy atom. The van der Waals surface area contributed by atoms with Crippen LogP contribution in [-0.4, -0.2) is 23.7 Å². The van der Waals surface area contributed by atoms with Gasteiger partial charge < -0.3 is 4.74 Å². The molecule has 0 aromatic heterocycles. The van der Waals surface area contributed by atoms with Crippen molar-refractivity contribution in [1.82, 2.24) is 5.32 Å². The third kappa shape index (κ3) is 2.13. The van der Waals surface area contributed by atoms with Crippen LogP contribution in [0.1, 0.15) is 34.1 Å². The molecule has 0 spiro atoms. The quantitative estimate of drug-likeness (QED) is 0.696. The summed E-state index contributed by atoms with van der Waals surface area (Å²) in [6.45, 7) is 7.91. The molecule has 0 aromatic carbocycles. The van der Waals surface area contributed by atoms with Gasteiger partial charge in [0.05, 0.1) is 12.0 Å². The Kier molecular flexibility index (Phi) is 3.05. The first-order valence-corrected chi connectivity index (χ1v) is 5.22. The molecule has 1 aliphatic heterocycles. The molecule has 4 heteroatoms. The van der Waals surface area contributed by atoms with E-state index in [9.17, 15) is 4.79 Å². The fourth-order valence-corrected chi connectivity index (χ4v) is 2.04. The molecular weight excluding hydrogens is 192 g/mol. The molecule has 0 aliphatic carbocycles. The summed E-state index contributed by atoms with van der Waals surface area (Å²) in [6, 6.07) is 2.17. The Morgan fingerprint density at radius 3 is 2.67 bits per heavy atom. The minimum Gasteiger partial charge on any atom is -0.462 e. The fourth-order valence-electron chi connectivity index (χ4n) is 2.04. The smallest absolute Gasteiger partial charge is 0.327 e. The largest absolute Gasteiger partial charge is 0.462 e. The Morgan fingerprint density at radius 2 is 2.20 bits per heavy atom. The molecule has 1 rings (SSSR count). The number of carbonyl (C=O) groups is 1. The van der Waals surface area contributed by atoms with Crippen LogP contribution in [0.2, 0.25) is 0 Å². The van der Waals surface area contributed by atoms with Crippen molar-refractivity contribution < 1.29 is 9.53 Å². The van der Waals surface area contributed by atoms with Gasteiger partial charge in [0, 0.05) is 5.54 Å². The molecule has 1 fully saturated rings. The predicted molar refractivity (Wildman–Crippen MR) is 56.0 cm³/mol. The van der Waals surface area contributed by atoms with Gasteiger partial charge in [-0.05, 0) is 27.2 Å². The van der Waals surface area contributed by atoms with Gasteiger partial charge in [-0.15, -0.1) is 0 Å². The standard InChI is InChI=1S/C11H18N2O2/c1-5-8(6-12)11(4)9(14)15-7-10(2,3)13-11/h8,13H,5,7H2,1-4H3. The molecule has 84 valence electrons. The number of ether oxygens (including phenoxy) is 1. The Labute approximate surface area is 90.6 Å². The number of morpholine rings is 1. The van der Waals surface area contributed by atoms with Gasteiger partial charge in [0.2, 0.25) is 0 Å². The van der Waals surface area contributed by atoms with Crippen LogP contribution in [-0.2, 0) is 9.53 Å². The lowest BCUT2D eigenvalue weighted by atomic mass is 9.81. The van der Waals surface area contributed by atoms with E-state index in [1.165, 1.54) is 0 Å². The van der Waals surface area contributed by atoms with Gasteiger partial charge in [-0.3, -0.25) is 10.1 Å². The first-order valence-electron chi connectivity index (χ1n) is 5.22. The van der Waals surface area contributed by atoms with Gasteiger partial charge in [0.25, 0.3) is 0 Å². The Bertz CT molecular complexity index is 306. The van der Waals surface area contributed by atoms with E-state index in [4.69, 9.17) is 10.00 Å². The average Bonchev–Trinajstić information content (AvgIpc) is 2.13. The molecule has 0 amide bonds. The Hall–Kier alpha value is -1.08. The highest BCUT2D eigenvalue weighted by Gasteiger charge is 2.49. The number of nitrogens with zero attached hydrogens (tertiary/aromatic N) is 1. The van der Waals surface area contributed by atoms with E-state index < -0.39 is 5.54 Å². The normalized spacial score (nSPS) is 31.5. The van der Waals surface area contributed by atoms with Crippen molar-refractivity contribution in [2.24, 2.45) is 5.92 Å². The molecule has 0 bridgehead atoms. The van der Waals surface area contributed by atoms with Crippen LogP contribution in [0.3, 0.4) is 0 Å². The molecule has 4 nitrogen and oxygen atoms in total. The van der Waals surface area contributed by atoms with E-state index in [0.717, 1.165) is 0 Å². The summed E-state index contributed by atoms with van der Waals surface area (Å²) in [7, 11) is 0. The van der Waals surface area contributed by atoms with Gasteiger partial charge >= 0.3 is 5.97 Å². The lowest BCUT2D eigenvalue weighted by molar-refractivity contribution is -0.163. The minimum atomic E-state index is -0.884. The van der Waals surface area contributed by atoms with Crippen molar-refractivity contribution in [3.05, 3.63) is 0 Å². The van der Waals surface area contributed by atoms with Gasteiger partial charge in [0.15, 0.2) is 0 Å². The second-order valence-corrected chi connectivity index (χ2v) is 4.88. The van der Waals surface area contributed by atoms with Crippen molar-refractivity contribution in [3.63, 3.8) is 0 Å². The monoisotopic (exact) mass is 210 g/mol. The van der Waals surface area contributed by atoms with Crippen LogP contribution >= 0.6 is 0 Å². The second-order valence-electron chi connectivity index (χ2n) is 4.88. The molecule has 2 atom stereocenters. The van der Waals surface area contributed by atoms with Crippen LogP contribution in [0.4, 0.5) is 0 Å². The zero-order valence-corrected chi connectivity index (χ0v) is 9.76. The summed E-state index contributed by atoms with van der Waals surface area (Å²) in [5.41, 5.74) is -1.15. The van der Waals surface area contributed by atoms with Gasteiger partial charge in [0.1, 0.15) is 12.1 Å². The summed E-state index contributed by atoms with van der Waals surface area (Å²) < 4.78 is 5.14. The lowest BCUT2D eigenvalue weighted by Gasteiger charge is -2.44. The van der Waals surface area contributed by atoms with Crippen LogP contribution in [0.15, 0.2) is 0 Å². The molecule has 15 heavy (non-hydrogen) atoms. The number of carbonyl (C=O) groups excluding carboxylic acids is 1. The highest BCUT2D eigenvalue weighted by molar-refractivity contribution is 5.82. The summed E-state index contributed by atoms with van der Waals surface area (Å²) in [5, 5.41) is 12.3. The number of hydrogen-bond donors (Lipinski definition) is 1. The van der Waals surface area contributed by atoms with E-state index >= 15 is 0 Å². The molecular formula is C11H18N2O2. The molecule has 1 N–H and O–H groups in total. The maximum absolute atomic E-state index is 11.7. The average molecular weight is 210 g/mol. The van der Waals surface area contributed by atoms with Crippen LogP contribution < -0.4 is 5.32 Å². The summed E-state index contributed by atoms with van der Waals surface area (Å²) >= 11 is 0. The van der Waals surface area contributed by atoms with Crippen LogP contribution in [0.25, 0.3) is 0 Å². The second kappa shape index (κ2) is 3.82. The molecule has 0 saturated carbocycles. The molecule has 1 heterocycles. The van der Waals surface area contributed by atoms with Crippen molar-refractivity contribution >= 4 is 5.97 Å². The van der Waals surface area contributed by atoms with Crippen molar-refractivity contribution in [1.29, 1.82) is 5.26 Å². The highest BCUT2D eigenvalue weighted by atomic mass is 16.5. The van der Waals surface area contributed by atoms with Gasteiger partial charge in [-0.2, -0.15) is 5.26 Å². The molecule has 1 saturated heterocycles. The van der Waals surface area contributed by atoms with E-state index in [0.29, 0.717) is 13.0 Å². The summed E-state index contributed by atoms with van der Waals surface area (Å²) in [6.07, 6.45) is 0.630. The van der Waals surface area contributed by atoms with E-state index in [1.54, 1.807) is 6.92 Å². The zero-order chi connectivity index (χ0) is 11.7. The molecule has 1 aliphatic rings. The van der Waals surface area contributed by atoms with Crippen LogP contribution in [0, 0.1) is 17.2 Å². The van der Waals surface area contributed by atoms with Crippen molar-refractivity contribution in [2.45, 2.75) is 45.2 Å². The SMILES string of the molecule is CCC(C#N)C1(C)NC(C)(C)COC1=O. The first-order chi connectivity index (χ1) is 6.85. The van der Waals surface area contributed by atoms with E-state index in [2.05, 4.69) is 11.4 Å². The van der Waals surface area contributed by atoms with Crippen LogP contribution in [0.5, 0.6) is 0 Å². The van der Waals surface area contributed by atoms with Gasteiger partial charge in [-0.25, -0.2) is 0 Å². The highest BCUT2D eigenvalue weighted by Crippen LogP contribution is 2.28. The third-order valence-electron chi connectivity index (χ3n) is 2.85. The number of rotatable bonds is 2.